The molecule has 0 spiro atoms. The molecule has 0 unspecified atom stereocenters. The van der Waals surface area contributed by atoms with Gasteiger partial charge in [-0.1, -0.05) is 78.7 Å². The van der Waals surface area contributed by atoms with Crippen LogP contribution in [0.4, 0.5) is 0 Å². The highest BCUT2D eigenvalue weighted by Gasteiger charge is 2.35. The predicted molar refractivity (Wildman–Crippen MR) is 160 cm³/mol. The maximum Gasteiger partial charge on any atom is 0.261 e. The molecule has 1 heterocycles. The lowest BCUT2D eigenvalue weighted by molar-refractivity contribution is -0.141. The molecule has 1 aliphatic heterocycles. The zero-order valence-corrected chi connectivity index (χ0v) is 24.6. The Bertz CT molecular complexity index is 1390. The summed E-state index contributed by atoms with van der Waals surface area (Å²) in [6.45, 7) is 4.13. The molecule has 0 bridgehead atoms. The number of carbonyl (C=O) groups is 4. The van der Waals surface area contributed by atoms with Crippen molar-refractivity contribution in [2.45, 2.75) is 58.2 Å². The molecule has 1 N–H and O–H groups in total. The first-order chi connectivity index (χ1) is 19.7. The number of halogens is 2. The van der Waals surface area contributed by atoms with E-state index in [1.807, 2.05) is 44.2 Å². The molecule has 4 amide bonds. The number of carbonyl (C=O) groups excluding carboxylic acids is 4. The molecule has 4 rings (SSSR count). The summed E-state index contributed by atoms with van der Waals surface area (Å²) in [6, 6.07) is 20.5. The van der Waals surface area contributed by atoms with E-state index >= 15 is 0 Å². The highest BCUT2D eigenvalue weighted by atomic mass is 35.5. The molecule has 0 saturated carbocycles. The first kappa shape index (κ1) is 30.3. The topological polar surface area (TPSA) is 86.8 Å². The Labute approximate surface area is 250 Å². The van der Waals surface area contributed by atoms with Gasteiger partial charge in [-0.15, -0.1) is 0 Å². The summed E-state index contributed by atoms with van der Waals surface area (Å²) in [5.74, 6) is -1.24. The zero-order chi connectivity index (χ0) is 29.5. The van der Waals surface area contributed by atoms with E-state index in [1.165, 1.54) is 4.90 Å². The Morgan fingerprint density at radius 3 is 2.12 bits per heavy atom. The SMILES string of the molecule is CC[C@H](C)NC(=O)[C@H](Cc1ccccc1)N(Cc1ccc(Cl)c(Cl)c1)C(=O)CCCN1C(=O)c2ccccc2C1=O. The second-order valence-electron chi connectivity index (χ2n) is 10.2. The van der Waals surface area contributed by atoms with Gasteiger partial charge in [-0.25, -0.2) is 0 Å². The van der Waals surface area contributed by atoms with E-state index in [-0.39, 0.29) is 55.6 Å². The summed E-state index contributed by atoms with van der Waals surface area (Å²) in [6.07, 6.45) is 1.35. The first-order valence-electron chi connectivity index (χ1n) is 13.7. The van der Waals surface area contributed by atoms with Crippen LogP contribution in [0, 0.1) is 0 Å². The third-order valence-corrected chi connectivity index (χ3v) is 8.00. The lowest BCUT2D eigenvalue weighted by atomic mass is 10.0. The van der Waals surface area contributed by atoms with Gasteiger partial charge in [-0.3, -0.25) is 24.1 Å². The number of benzene rings is 3. The highest BCUT2D eigenvalue weighted by molar-refractivity contribution is 6.42. The van der Waals surface area contributed by atoms with Crippen LogP contribution in [0.15, 0.2) is 72.8 Å². The van der Waals surface area contributed by atoms with Crippen LogP contribution in [-0.2, 0) is 22.6 Å². The zero-order valence-electron chi connectivity index (χ0n) is 23.1. The van der Waals surface area contributed by atoms with Gasteiger partial charge in [0.15, 0.2) is 0 Å². The van der Waals surface area contributed by atoms with Crippen LogP contribution in [0.3, 0.4) is 0 Å². The van der Waals surface area contributed by atoms with Crippen molar-refractivity contribution < 1.29 is 19.2 Å². The van der Waals surface area contributed by atoms with Crippen molar-refractivity contribution in [3.63, 3.8) is 0 Å². The lowest BCUT2D eigenvalue weighted by Crippen LogP contribution is -2.52. The van der Waals surface area contributed by atoms with Gasteiger partial charge < -0.3 is 10.2 Å². The van der Waals surface area contributed by atoms with Gasteiger partial charge in [0, 0.05) is 32.0 Å². The first-order valence-corrected chi connectivity index (χ1v) is 14.5. The lowest BCUT2D eigenvalue weighted by Gasteiger charge is -2.32. The Morgan fingerprint density at radius 2 is 1.51 bits per heavy atom. The smallest absolute Gasteiger partial charge is 0.261 e. The number of nitrogens with zero attached hydrogens (tertiary/aromatic N) is 2. The van der Waals surface area contributed by atoms with Crippen molar-refractivity contribution in [3.8, 4) is 0 Å². The summed E-state index contributed by atoms with van der Waals surface area (Å²) in [4.78, 5) is 55.8. The minimum absolute atomic E-state index is 0.0383. The van der Waals surface area contributed by atoms with E-state index in [0.717, 1.165) is 17.5 Å². The van der Waals surface area contributed by atoms with E-state index in [0.29, 0.717) is 27.6 Å². The van der Waals surface area contributed by atoms with E-state index in [9.17, 15) is 19.2 Å². The van der Waals surface area contributed by atoms with Crippen LogP contribution in [0.25, 0.3) is 0 Å². The molecular weight excluding hydrogens is 561 g/mol. The fraction of sp³-hybridized carbons (Fsp3) is 0.312. The van der Waals surface area contributed by atoms with Crippen molar-refractivity contribution in [1.82, 2.24) is 15.1 Å². The van der Waals surface area contributed by atoms with Crippen molar-refractivity contribution in [3.05, 3.63) is 105 Å². The van der Waals surface area contributed by atoms with E-state index in [2.05, 4.69) is 5.32 Å². The van der Waals surface area contributed by atoms with Crippen LogP contribution in [0.5, 0.6) is 0 Å². The Morgan fingerprint density at radius 1 is 0.878 bits per heavy atom. The van der Waals surface area contributed by atoms with Gasteiger partial charge in [0.1, 0.15) is 6.04 Å². The van der Waals surface area contributed by atoms with Gasteiger partial charge in [-0.2, -0.15) is 0 Å². The van der Waals surface area contributed by atoms with Crippen molar-refractivity contribution >= 4 is 46.8 Å². The normalized spacial score (nSPS) is 14.0. The molecule has 3 aromatic carbocycles. The van der Waals surface area contributed by atoms with Gasteiger partial charge in [0.05, 0.1) is 21.2 Å². The minimum atomic E-state index is -0.798. The standard InChI is InChI=1S/C32H33Cl2N3O4/c1-3-21(2)35-30(39)28(19-22-10-5-4-6-11-22)37(20-23-15-16-26(33)27(34)18-23)29(38)14-9-17-36-31(40)24-12-7-8-13-25(24)32(36)41/h4-8,10-13,15-16,18,21,28H,3,9,14,17,19-20H2,1-2H3,(H,35,39)/t21-,28-/m0/s1. The molecule has 214 valence electrons. The van der Waals surface area contributed by atoms with Crippen molar-refractivity contribution in [1.29, 1.82) is 0 Å². The largest absolute Gasteiger partial charge is 0.352 e. The summed E-state index contributed by atoms with van der Waals surface area (Å²) in [7, 11) is 0. The molecule has 41 heavy (non-hydrogen) atoms. The molecule has 2 atom stereocenters. The number of hydrogen-bond donors (Lipinski definition) is 1. The third kappa shape index (κ3) is 7.34. The number of imide groups is 1. The maximum absolute atomic E-state index is 13.8. The summed E-state index contributed by atoms with van der Waals surface area (Å²) in [5.41, 5.74) is 2.38. The van der Waals surface area contributed by atoms with Gasteiger partial charge in [0.25, 0.3) is 11.8 Å². The fourth-order valence-electron chi connectivity index (χ4n) is 4.80. The van der Waals surface area contributed by atoms with Crippen LogP contribution < -0.4 is 5.32 Å². The molecule has 0 aliphatic carbocycles. The number of amides is 4. The molecule has 1 aliphatic rings. The molecule has 0 radical (unpaired) electrons. The number of hydrogen-bond acceptors (Lipinski definition) is 4. The average molecular weight is 595 g/mol. The summed E-state index contributed by atoms with van der Waals surface area (Å²) in [5, 5.41) is 3.78. The third-order valence-electron chi connectivity index (χ3n) is 7.26. The Balaban J connectivity index is 1.57. The predicted octanol–water partition coefficient (Wildman–Crippen LogP) is 5.92. The fourth-order valence-corrected chi connectivity index (χ4v) is 5.12. The molecule has 3 aromatic rings. The molecular formula is C32H33Cl2N3O4. The second-order valence-corrected chi connectivity index (χ2v) is 11.0. The number of nitrogens with one attached hydrogen (secondary N) is 1. The Hall–Kier alpha value is -3.68. The number of rotatable bonds is 12. The summed E-state index contributed by atoms with van der Waals surface area (Å²) < 4.78 is 0. The van der Waals surface area contributed by atoms with Crippen LogP contribution in [-0.4, -0.2) is 52.1 Å². The quantitative estimate of drug-likeness (QED) is 0.264. The van der Waals surface area contributed by atoms with E-state index in [4.69, 9.17) is 23.2 Å². The van der Waals surface area contributed by atoms with Crippen LogP contribution >= 0.6 is 23.2 Å². The Kier molecular flexibility index (Phi) is 10.2. The minimum Gasteiger partial charge on any atom is -0.352 e. The van der Waals surface area contributed by atoms with Crippen molar-refractivity contribution in [2.75, 3.05) is 6.54 Å². The van der Waals surface area contributed by atoms with Crippen LogP contribution in [0.1, 0.15) is 65.0 Å². The highest BCUT2D eigenvalue weighted by Crippen LogP contribution is 2.26. The van der Waals surface area contributed by atoms with Gasteiger partial charge in [0.2, 0.25) is 11.8 Å². The van der Waals surface area contributed by atoms with Crippen molar-refractivity contribution in [2.24, 2.45) is 0 Å². The average Bonchev–Trinajstić information content (AvgIpc) is 3.22. The van der Waals surface area contributed by atoms with Gasteiger partial charge in [-0.05, 0) is 55.2 Å². The molecule has 7 nitrogen and oxygen atoms in total. The van der Waals surface area contributed by atoms with E-state index in [1.54, 1.807) is 47.4 Å². The van der Waals surface area contributed by atoms with Crippen LogP contribution in [0.2, 0.25) is 10.0 Å². The monoisotopic (exact) mass is 593 g/mol. The molecule has 0 saturated heterocycles. The van der Waals surface area contributed by atoms with Gasteiger partial charge >= 0.3 is 0 Å². The molecule has 0 aromatic heterocycles. The number of fused-ring (bicyclic) bond motifs is 1. The van der Waals surface area contributed by atoms with E-state index < -0.39 is 6.04 Å². The maximum atomic E-state index is 13.8. The molecule has 9 heteroatoms. The second kappa shape index (κ2) is 13.8. The molecule has 0 fully saturated rings. The summed E-state index contributed by atoms with van der Waals surface area (Å²) >= 11 is 12.4.